The third kappa shape index (κ3) is 2.48. The molecule has 6 heteroatoms. The van der Waals surface area contributed by atoms with Crippen molar-refractivity contribution < 1.29 is 9.90 Å². The molecule has 0 saturated carbocycles. The van der Waals surface area contributed by atoms with Gasteiger partial charge in [0.05, 0.1) is 5.39 Å². The van der Waals surface area contributed by atoms with Crippen molar-refractivity contribution in [2.75, 3.05) is 0 Å². The summed E-state index contributed by atoms with van der Waals surface area (Å²) in [6, 6.07) is 6.90. The number of aliphatic carboxylic acids is 1. The van der Waals surface area contributed by atoms with Gasteiger partial charge in [-0.25, -0.2) is 0 Å². The number of rotatable bonds is 4. The van der Waals surface area contributed by atoms with Gasteiger partial charge in [-0.15, -0.1) is 0 Å². The third-order valence-corrected chi connectivity index (χ3v) is 3.52. The molecule has 1 aromatic heterocycles. The van der Waals surface area contributed by atoms with Crippen LogP contribution in [-0.2, 0) is 11.3 Å². The average molecular weight is 265 g/mol. The van der Waals surface area contributed by atoms with Crippen LogP contribution in [0.15, 0.2) is 33.9 Å². The summed E-state index contributed by atoms with van der Waals surface area (Å²) in [5.74, 6) is -0.931. The summed E-state index contributed by atoms with van der Waals surface area (Å²) >= 11 is 1.00. The van der Waals surface area contributed by atoms with Gasteiger partial charge in [0, 0.05) is 17.7 Å². The van der Waals surface area contributed by atoms with Crippen LogP contribution in [0.4, 0.5) is 0 Å². The molecule has 0 saturated heterocycles. The van der Waals surface area contributed by atoms with E-state index in [1.54, 1.807) is 24.3 Å². The first-order chi connectivity index (χ1) is 8.59. The van der Waals surface area contributed by atoms with E-state index in [1.807, 2.05) is 0 Å². The highest BCUT2D eigenvalue weighted by Crippen LogP contribution is 2.10. The number of aromatic nitrogens is 1. The summed E-state index contributed by atoms with van der Waals surface area (Å²) in [5, 5.41) is 9.04. The molecule has 1 N–H and O–H groups in total. The van der Waals surface area contributed by atoms with Crippen molar-refractivity contribution in [3.63, 3.8) is 0 Å². The summed E-state index contributed by atoms with van der Waals surface area (Å²) < 4.78 is 1.76. The molecule has 2 aromatic rings. The van der Waals surface area contributed by atoms with E-state index in [4.69, 9.17) is 5.11 Å². The second kappa shape index (κ2) is 5.14. The summed E-state index contributed by atoms with van der Waals surface area (Å²) in [6.07, 6.45) is 0.221. The minimum absolute atomic E-state index is 0.0522. The van der Waals surface area contributed by atoms with Gasteiger partial charge in [0.1, 0.15) is 0 Å². The number of hydrogen-bond acceptors (Lipinski definition) is 4. The van der Waals surface area contributed by atoms with Gasteiger partial charge < -0.3 is 5.11 Å². The minimum atomic E-state index is -0.931. The van der Waals surface area contributed by atoms with Crippen molar-refractivity contribution in [2.45, 2.75) is 19.4 Å². The van der Waals surface area contributed by atoms with Gasteiger partial charge in [-0.05, 0) is 18.6 Å². The molecule has 0 bridgehead atoms. The van der Waals surface area contributed by atoms with E-state index >= 15 is 0 Å². The van der Waals surface area contributed by atoms with Gasteiger partial charge in [-0.2, -0.15) is 0 Å². The summed E-state index contributed by atoms with van der Waals surface area (Å²) in [5.41, 5.74) is -0.347. The van der Waals surface area contributed by atoms with Gasteiger partial charge in [0.15, 0.2) is 0 Å². The zero-order valence-electron chi connectivity index (χ0n) is 9.46. The highest BCUT2D eigenvalue weighted by molar-refractivity contribution is 7.16. The Hall–Kier alpha value is -1.95. The SMILES string of the molecule is O=C(O)CCCn1c(=O)sc2ccccc2c1=O. The smallest absolute Gasteiger partial charge is 0.310 e. The quantitative estimate of drug-likeness (QED) is 0.903. The molecule has 0 aliphatic carbocycles. The second-order valence-electron chi connectivity index (χ2n) is 3.82. The van der Waals surface area contributed by atoms with Crippen LogP contribution >= 0.6 is 11.3 Å². The fourth-order valence-electron chi connectivity index (χ4n) is 1.69. The van der Waals surface area contributed by atoms with Gasteiger partial charge in [-0.1, -0.05) is 23.5 Å². The topological polar surface area (TPSA) is 76.4 Å². The van der Waals surface area contributed by atoms with Crippen molar-refractivity contribution in [2.24, 2.45) is 0 Å². The van der Waals surface area contributed by atoms with Crippen LogP contribution in [-0.4, -0.2) is 15.6 Å². The molecule has 2 rings (SSSR count). The number of nitrogens with zero attached hydrogens (tertiary/aromatic N) is 1. The molecule has 0 amide bonds. The Bertz CT molecular complexity index is 701. The lowest BCUT2D eigenvalue weighted by Crippen LogP contribution is -2.31. The standard InChI is InChI=1S/C12H11NO4S/c14-10(15)6-3-7-13-11(16)8-4-1-2-5-9(8)18-12(13)17/h1-2,4-5H,3,6-7H2,(H,14,15). The van der Waals surface area contributed by atoms with E-state index in [-0.39, 0.29) is 29.8 Å². The van der Waals surface area contributed by atoms with Crippen LogP contribution in [0.2, 0.25) is 0 Å². The molecule has 94 valence electrons. The Kier molecular flexibility index (Phi) is 3.57. The number of fused-ring (bicyclic) bond motifs is 1. The first-order valence-corrected chi connectivity index (χ1v) is 6.26. The Balaban J connectivity index is 2.42. The molecule has 0 aliphatic rings. The lowest BCUT2D eigenvalue weighted by Gasteiger charge is -2.04. The highest BCUT2D eigenvalue weighted by atomic mass is 32.1. The molecule has 0 spiro atoms. The Morgan fingerprint density at radius 3 is 2.72 bits per heavy atom. The Labute approximate surface area is 106 Å². The summed E-state index contributed by atoms with van der Waals surface area (Å²) in [6.45, 7) is 0.144. The van der Waals surface area contributed by atoms with E-state index in [9.17, 15) is 14.4 Å². The molecule has 1 aromatic carbocycles. The van der Waals surface area contributed by atoms with Gasteiger partial charge in [0.2, 0.25) is 0 Å². The fourth-order valence-corrected chi connectivity index (χ4v) is 2.58. The predicted octanol–water partition coefficient (Wildman–Crippen LogP) is 1.29. The number of carbonyl (C=O) groups is 1. The minimum Gasteiger partial charge on any atom is -0.481 e. The van der Waals surface area contributed by atoms with Crippen LogP contribution in [0.25, 0.3) is 10.1 Å². The summed E-state index contributed by atoms with van der Waals surface area (Å²) in [7, 11) is 0. The molecular weight excluding hydrogens is 254 g/mol. The fraction of sp³-hybridized carbons (Fsp3) is 0.250. The number of carboxylic acids is 1. The first kappa shape index (κ1) is 12.5. The maximum absolute atomic E-state index is 12.0. The monoisotopic (exact) mass is 265 g/mol. The van der Waals surface area contributed by atoms with Crippen molar-refractivity contribution in [3.8, 4) is 0 Å². The van der Waals surface area contributed by atoms with Gasteiger partial charge in [0.25, 0.3) is 5.56 Å². The van der Waals surface area contributed by atoms with Crippen LogP contribution in [0.1, 0.15) is 12.8 Å². The van der Waals surface area contributed by atoms with Gasteiger partial charge >= 0.3 is 10.8 Å². The van der Waals surface area contributed by atoms with E-state index < -0.39 is 5.97 Å². The van der Waals surface area contributed by atoms with Crippen molar-refractivity contribution in [1.82, 2.24) is 4.57 Å². The van der Waals surface area contributed by atoms with E-state index in [0.29, 0.717) is 10.1 Å². The Morgan fingerprint density at radius 2 is 2.00 bits per heavy atom. The molecular formula is C12H11NO4S. The normalized spacial score (nSPS) is 10.7. The summed E-state index contributed by atoms with van der Waals surface area (Å²) in [4.78, 5) is 33.9. The number of carboxylic acid groups (broad SMARTS) is 1. The van der Waals surface area contributed by atoms with Crippen molar-refractivity contribution in [1.29, 1.82) is 0 Å². The Morgan fingerprint density at radius 1 is 1.28 bits per heavy atom. The third-order valence-electron chi connectivity index (χ3n) is 2.55. The van der Waals surface area contributed by atoms with Gasteiger partial charge in [-0.3, -0.25) is 19.0 Å². The number of hydrogen-bond donors (Lipinski definition) is 1. The second-order valence-corrected chi connectivity index (χ2v) is 4.81. The molecule has 18 heavy (non-hydrogen) atoms. The maximum atomic E-state index is 12.0. The lowest BCUT2D eigenvalue weighted by atomic mass is 10.2. The highest BCUT2D eigenvalue weighted by Gasteiger charge is 2.07. The van der Waals surface area contributed by atoms with Crippen molar-refractivity contribution in [3.05, 3.63) is 44.3 Å². The number of benzene rings is 1. The van der Waals surface area contributed by atoms with Crippen LogP contribution in [0.3, 0.4) is 0 Å². The molecule has 0 unspecified atom stereocenters. The average Bonchev–Trinajstić information content (AvgIpc) is 2.33. The molecule has 1 heterocycles. The van der Waals surface area contributed by atoms with E-state index in [1.165, 1.54) is 0 Å². The predicted molar refractivity (Wildman–Crippen MR) is 69.2 cm³/mol. The van der Waals surface area contributed by atoms with E-state index in [2.05, 4.69) is 0 Å². The molecule has 0 atom stereocenters. The molecule has 5 nitrogen and oxygen atoms in total. The van der Waals surface area contributed by atoms with Crippen LogP contribution in [0, 0.1) is 0 Å². The molecule has 0 radical (unpaired) electrons. The van der Waals surface area contributed by atoms with Crippen LogP contribution < -0.4 is 10.4 Å². The largest absolute Gasteiger partial charge is 0.481 e. The molecule has 0 aliphatic heterocycles. The lowest BCUT2D eigenvalue weighted by molar-refractivity contribution is -0.137. The molecule has 0 fully saturated rings. The van der Waals surface area contributed by atoms with Crippen molar-refractivity contribution >= 4 is 27.4 Å². The first-order valence-electron chi connectivity index (χ1n) is 5.44. The zero-order valence-corrected chi connectivity index (χ0v) is 10.3. The maximum Gasteiger partial charge on any atom is 0.310 e. The van der Waals surface area contributed by atoms with E-state index in [0.717, 1.165) is 15.9 Å². The zero-order chi connectivity index (χ0) is 13.1. The van der Waals surface area contributed by atoms with Crippen LogP contribution in [0.5, 0.6) is 0 Å².